The zero-order chi connectivity index (χ0) is 13.4. The normalized spacial score (nSPS) is 11.8. The lowest BCUT2D eigenvalue weighted by molar-refractivity contribution is 0.588. The lowest BCUT2D eigenvalue weighted by Crippen LogP contribution is -2.15. The highest BCUT2D eigenvalue weighted by atomic mass is 127. The van der Waals surface area contributed by atoms with Gasteiger partial charge in [0.15, 0.2) is 0 Å². The first-order chi connectivity index (χ1) is 8.54. The van der Waals surface area contributed by atoms with E-state index in [1.165, 1.54) is 34.8 Å². The zero-order valence-electron chi connectivity index (χ0n) is 11.9. The second-order valence-corrected chi connectivity index (χ2v) is 6.95. The van der Waals surface area contributed by atoms with Crippen LogP contribution in [0.1, 0.15) is 51.2 Å². The third-order valence-electron chi connectivity index (χ3n) is 3.14. The Morgan fingerprint density at radius 3 is 2.22 bits per heavy atom. The summed E-state index contributed by atoms with van der Waals surface area (Å²) >= 11 is 2.45. The number of halogens is 1. The lowest BCUT2D eigenvalue weighted by atomic mass is 9.87. The second kappa shape index (κ2) is 8.16. The van der Waals surface area contributed by atoms with Crippen LogP contribution in [0.15, 0.2) is 24.3 Å². The molecule has 0 spiro atoms. The molecule has 1 nitrogen and oxygen atoms in total. The molecule has 102 valence electrons. The Labute approximate surface area is 126 Å². The molecule has 1 aromatic carbocycles. The van der Waals surface area contributed by atoms with Crippen LogP contribution in [-0.2, 0) is 12.0 Å². The standard InChI is InChI=1S/C16H26IN/c1-16(2,3)15-9-7-14(8-10-15)13-18-12-6-4-5-11-17/h7-10,18H,4-6,11-13H2,1-3H3. The highest BCUT2D eigenvalue weighted by Gasteiger charge is 2.12. The molecule has 0 bridgehead atoms. The van der Waals surface area contributed by atoms with E-state index in [-0.39, 0.29) is 5.41 Å². The monoisotopic (exact) mass is 359 g/mol. The summed E-state index contributed by atoms with van der Waals surface area (Å²) in [6, 6.07) is 9.01. The molecule has 0 fully saturated rings. The van der Waals surface area contributed by atoms with Crippen LogP contribution in [0.3, 0.4) is 0 Å². The molecule has 0 radical (unpaired) electrons. The van der Waals surface area contributed by atoms with Crippen LogP contribution in [0.5, 0.6) is 0 Å². The SMILES string of the molecule is CC(C)(C)c1ccc(CNCCCCCI)cc1. The molecule has 2 heteroatoms. The van der Waals surface area contributed by atoms with E-state index in [4.69, 9.17) is 0 Å². The molecule has 1 aromatic rings. The number of nitrogens with one attached hydrogen (secondary N) is 1. The molecule has 0 aliphatic rings. The van der Waals surface area contributed by atoms with Crippen molar-refractivity contribution in [2.45, 2.75) is 52.0 Å². The number of unbranched alkanes of at least 4 members (excludes halogenated alkanes) is 2. The van der Waals surface area contributed by atoms with Crippen LogP contribution in [0.25, 0.3) is 0 Å². The first kappa shape index (κ1) is 16.0. The van der Waals surface area contributed by atoms with Gasteiger partial charge in [-0.05, 0) is 40.4 Å². The number of alkyl halides is 1. The molecule has 0 aromatic heterocycles. The minimum Gasteiger partial charge on any atom is -0.313 e. The minimum absolute atomic E-state index is 0.255. The Morgan fingerprint density at radius 1 is 1.00 bits per heavy atom. The molecule has 0 saturated heterocycles. The van der Waals surface area contributed by atoms with Gasteiger partial charge in [0.25, 0.3) is 0 Å². The Kier molecular flexibility index (Phi) is 7.23. The summed E-state index contributed by atoms with van der Waals surface area (Å²) in [5.41, 5.74) is 3.05. The first-order valence-corrected chi connectivity index (χ1v) is 8.42. The third kappa shape index (κ3) is 6.19. The molecule has 0 unspecified atom stereocenters. The minimum atomic E-state index is 0.255. The van der Waals surface area contributed by atoms with Gasteiger partial charge >= 0.3 is 0 Å². The van der Waals surface area contributed by atoms with E-state index < -0.39 is 0 Å². The summed E-state index contributed by atoms with van der Waals surface area (Å²) in [7, 11) is 0. The van der Waals surface area contributed by atoms with Gasteiger partial charge in [-0.3, -0.25) is 0 Å². The van der Waals surface area contributed by atoms with Crippen LogP contribution < -0.4 is 5.32 Å². The molecule has 1 rings (SSSR count). The Hall–Kier alpha value is -0.0900. The topological polar surface area (TPSA) is 12.0 Å². The molecule has 0 amide bonds. The van der Waals surface area contributed by atoms with Crippen molar-refractivity contribution in [2.75, 3.05) is 11.0 Å². The molecule has 0 saturated carbocycles. The smallest absolute Gasteiger partial charge is 0.0205 e. The fraction of sp³-hybridized carbons (Fsp3) is 0.625. The summed E-state index contributed by atoms with van der Waals surface area (Å²) < 4.78 is 1.28. The van der Waals surface area contributed by atoms with E-state index in [0.717, 1.165) is 13.1 Å². The van der Waals surface area contributed by atoms with Crippen molar-refractivity contribution in [1.29, 1.82) is 0 Å². The maximum atomic E-state index is 3.52. The number of benzene rings is 1. The Balaban J connectivity index is 2.27. The highest BCUT2D eigenvalue weighted by Crippen LogP contribution is 2.22. The van der Waals surface area contributed by atoms with E-state index in [1.54, 1.807) is 0 Å². The van der Waals surface area contributed by atoms with Crippen LogP contribution in [0.4, 0.5) is 0 Å². The number of hydrogen-bond donors (Lipinski definition) is 1. The van der Waals surface area contributed by atoms with Gasteiger partial charge < -0.3 is 5.32 Å². The quantitative estimate of drug-likeness (QED) is 0.424. The lowest BCUT2D eigenvalue weighted by Gasteiger charge is -2.19. The molecule has 0 atom stereocenters. The van der Waals surface area contributed by atoms with Gasteiger partial charge in [0.1, 0.15) is 0 Å². The predicted octanol–water partition coefficient (Wildman–Crippen LogP) is 4.68. The van der Waals surface area contributed by atoms with Gasteiger partial charge in [-0.1, -0.05) is 74.0 Å². The van der Waals surface area contributed by atoms with Crippen molar-refractivity contribution in [2.24, 2.45) is 0 Å². The average Bonchev–Trinajstić information content (AvgIpc) is 2.33. The number of hydrogen-bond acceptors (Lipinski definition) is 1. The van der Waals surface area contributed by atoms with Crippen LogP contribution in [-0.4, -0.2) is 11.0 Å². The van der Waals surface area contributed by atoms with Gasteiger partial charge in [0, 0.05) is 6.54 Å². The summed E-state index contributed by atoms with van der Waals surface area (Å²) in [5, 5.41) is 3.52. The summed E-state index contributed by atoms with van der Waals surface area (Å²) in [6.45, 7) is 8.90. The van der Waals surface area contributed by atoms with Crippen molar-refractivity contribution >= 4 is 22.6 Å². The van der Waals surface area contributed by atoms with Gasteiger partial charge in [-0.2, -0.15) is 0 Å². The van der Waals surface area contributed by atoms with Gasteiger partial charge in [-0.25, -0.2) is 0 Å². The van der Waals surface area contributed by atoms with E-state index in [9.17, 15) is 0 Å². The number of rotatable bonds is 7. The maximum Gasteiger partial charge on any atom is 0.0205 e. The van der Waals surface area contributed by atoms with Crippen LogP contribution in [0.2, 0.25) is 0 Å². The summed E-state index contributed by atoms with van der Waals surface area (Å²) in [5.74, 6) is 0. The largest absolute Gasteiger partial charge is 0.313 e. The second-order valence-electron chi connectivity index (χ2n) is 5.87. The molecular weight excluding hydrogens is 333 g/mol. The van der Waals surface area contributed by atoms with Gasteiger partial charge in [0.05, 0.1) is 0 Å². The predicted molar refractivity (Wildman–Crippen MR) is 89.6 cm³/mol. The van der Waals surface area contributed by atoms with Crippen molar-refractivity contribution in [3.8, 4) is 0 Å². The molecule has 0 heterocycles. The van der Waals surface area contributed by atoms with Crippen LogP contribution in [0, 0.1) is 0 Å². The molecule has 18 heavy (non-hydrogen) atoms. The summed E-state index contributed by atoms with van der Waals surface area (Å²) in [6.07, 6.45) is 3.99. The van der Waals surface area contributed by atoms with E-state index in [1.807, 2.05) is 0 Å². The molecule has 0 aliphatic heterocycles. The van der Waals surface area contributed by atoms with Crippen molar-refractivity contribution < 1.29 is 0 Å². The molecule has 0 aliphatic carbocycles. The third-order valence-corrected chi connectivity index (χ3v) is 3.90. The van der Waals surface area contributed by atoms with E-state index >= 15 is 0 Å². The maximum absolute atomic E-state index is 3.52. The molecule has 1 N–H and O–H groups in total. The fourth-order valence-electron chi connectivity index (χ4n) is 1.88. The van der Waals surface area contributed by atoms with Crippen LogP contribution >= 0.6 is 22.6 Å². The Morgan fingerprint density at radius 2 is 1.67 bits per heavy atom. The highest BCUT2D eigenvalue weighted by molar-refractivity contribution is 14.1. The van der Waals surface area contributed by atoms with E-state index in [0.29, 0.717) is 0 Å². The van der Waals surface area contributed by atoms with Crippen molar-refractivity contribution in [1.82, 2.24) is 5.32 Å². The average molecular weight is 359 g/mol. The van der Waals surface area contributed by atoms with Gasteiger partial charge in [-0.15, -0.1) is 0 Å². The van der Waals surface area contributed by atoms with Crippen molar-refractivity contribution in [3.63, 3.8) is 0 Å². The summed E-state index contributed by atoms with van der Waals surface area (Å²) in [4.78, 5) is 0. The van der Waals surface area contributed by atoms with E-state index in [2.05, 4.69) is 72.9 Å². The Bertz CT molecular complexity index is 324. The fourth-order valence-corrected chi connectivity index (χ4v) is 2.42. The van der Waals surface area contributed by atoms with Gasteiger partial charge in [0.2, 0.25) is 0 Å². The molecular formula is C16H26IN. The zero-order valence-corrected chi connectivity index (χ0v) is 14.1. The van der Waals surface area contributed by atoms with Crippen molar-refractivity contribution in [3.05, 3.63) is 35.4 Å². The first-order valence-electron chi connectivity index (χ1n) is 6.90.